The van der Waals surface area contributed by atoms with E-state index in [2.05, 4.69) is 10.9 Å². The van der Waals surface area contributed by atoms with Crippen molar-refractivity contribution >= 4 is 5.84 Å². The fourth-order valence-electron chi connectivity index (χ4n) is 2.64. The van der Waals surface area contributed by atoms with Gasteiger partial charge < -0.3 is 10.9 Å². The number of nitrogens with two attached hydrogens (primary N) is 1. The molecule has 3 nitrogen and oxygen atoms in total. The fourth-order valence-corrected chi connectivity index (χ4v) is 2.64. The lowest BCUT2D eigenvalue weighted by Crippen LogP contribution is -2.29. The van der Waals surface area contributed by atoms with Crippen molar-refractivity contribution in [1.29, 1.82) is 0 Å². The highest BCUT2D eigenvalue weighted by molar-refractivity contribution is 5.98. The largest absolute Gasteiger partial charge is 0.409 e. The van der Waals surface area contributed by atoms with Gasteiger partial charge in [-0.2, -0.15) is 0 Å². The van der Waals surface area contributed by atoms with Gasteiger partial charge in [-0.3, -0.25) is 4.39 Å². The molecule has 2 atom stereocenters. The number of nitrogens with zero attached hydrogens (tertiary/aromatic N) is 1. The molecule has 2 aliphatic rings. The summed E-state index contributed by atoms with van der Waals surface area (Å²) in [5.41, 5.74) is 9.07. The average Bonchev–Trinajstić information content (AvgIpc) is 2.58. The van der Waals surface area contributed by atoms with E-state index in [1.165, 1.54) is 6.42 Å². The van der Waals surface area contributed by atoms with E-state index in [1.807, 2.05) is 12.2 Å². The molecule has 0 saturated heterocycles. The zero-order chi connectivity index (χ0) is 13.0. The van der Waals surface area contributed by atoms with E-state index in [1.54, 1.807) is 6.08 Å². The fraction of sp³-hybridized carbons (Fsp3) is 0.571. The first-order valence-corrected chi connectivity index (χ1v) is 6.43. The highest BCUT2D eigenvalue weighted by Crippen LogP contribution is 2.39. The Morgan fingerprint density at radius 1 is 1.61 bits per heavy atom. The van der Waals surface area contributed by atoms with Crippen molar-refractivity contribution in [2.45, 2.75) is 25.7 Å². The van der Waals surface area contributed by atoms with Gasteiger partial charge in [-0.1, -0.05) is 30.5 Å². The first kappa shape index (κ1) is 12.9. The van der Waals surface area contributed by atoms with Gasteiger partial charge in [-0.05, 0) is 36.3 Å². The number of rotatable bonds is 4. The smallest absolute Gasteiger partial charge is 0.177 e. The van der Waals surface area contributed by atoms with Crippen molar-refractivity contribution in [3.63, 3.8) is 0 Å². The van der Waals surface area contributed by atoms with E-state index in [4.69, 9.17) is 10.9 Å². The van der Waals surface area contributed by atoms with Gasteiger partial charge in [0.15, 0.2) is 5.84 Å². The molecule has 0 bridgehead atoms. The minimum absolute atomic E-state index is 0.0450. The third-order valence-corrected chi connectivity index (χ3v) is 4.02. The van der Waals surface area contributed by atoms with E-state index >= 15 is 0 Å². The summed E-state index contributed by atoms with van der Waals surface area (Å²) in [5.74, 6) is 0.850. The average molecular weight is 250 g/mol. The zero-order valence-corrected chi connectivity index (χ0v) is 10.3. The summed E-state index contributed by atoms with van der Waals surface area (Å²) in [7, 11) is 0. The Labute approximate surface area is 107 Å². The quantitative estimate of drug-likeness (QED) is 0.265. The van der Waals surface area contributed by atoms with Gasteiger partial charge in [-0.25, -0.2) is 0 Å². The van der Waals surface area contributed by atoms with Crippen LogP contribution in [-0.4, -0.2) is 17.7 Å². The first-order chi connectivity index (χ1) is 8.76. The minimum Gasteiger partial charge on any atom is -0.409 e. The summed E-state index contributed by atoms with van der Waals surface area (Å²) in [6.07, 6.45) is 9.90. The van der Waals surface area contributed by atoms with Crippen LogP contribution >= 0.6 is 0 Å². The van der Waals surface area contributed by atoms with E-state index in [0.29, 0.717) is 11.5 Å². The molecular weight excluding hydrogens is 231 g/mol. The van der Waals surface area contributed by atoms with Crippen molar-refractivity contribution in [2.24, 2.45) is 28.6 Å². The molecule has 0 aliphatic heterocycles. The van der Waals surface area contributed by atoms with Crippen LogP contribution in [0.4, 0.5) is 4.39 Å². The number of oxime groups is 1. The molecule has 3 N–H and O–H groups in total. The molecule has 0 aromatic carbocycles. The minimum atomic E-state index is -0.271. The molecule has 0 amide bonds. The second kappa shape index (κ2) is 5.87. The Morgan fingerprint density at radius 2 is 2.39 bits per heavy atom. The topological polar surface area (TPSA) is 58.6 Å². The van der Waals surface area contributed by atoms with Crippen molar-refractivity contribution in [3.05, 3.63) is 29.5 Å². The molecule has 98 valence electrons. The standard InChI is InChI=1S/C14H19FN2O/c15-9-13(10-3-1-4-10)11-5-2-6-12(8-7-11)14(16)17-18/h2,7-8,10-11,13,18H,1,3-5,9H2,(H2,16,17). The van der Waals surface area contributed by atoms with E-state index in [-0.39, 0.29) is 24.3 Å². The SMILES string of the molecule is N/C(=N\O)C1=C=CCC(C(CF)C2CCC2)C=C1. The Balaban J connectivity index is 2.08. The van der Waals surface area contributed by atoms with Crippen LogP contribution in [0.25, 0.3) is 0 Å². The highest BCUT2D eigenvalue weighted by Gasteiger charge is 2.32. The molecule has 0 heterocycles. The lowest BCUT2D eigenvalue weighted by atomic mass is 9.70. The van der Waals surface area contributed by atoms with Gasteiger partial charge in [0.2, 0.25) is 0 Å². The number of allylic oxidation sites excluding steroid dienone is 1. The molecule has 0 spiro atoms. The number of hydrogen-bond acceptors (Lipinski definition) is 2. The zero-order valence-electron chi connectivity index (χ0n) is 10.3. The number of halogens is 1. The molecule has 2 unspecified atom stereocenters. The molecule has 2 rings (SSSR count). The van der Waals surface area contributed by atoms with Gasteiger partial charge >= 0.3 is 0 Å². The van der Waals surface area contributed by atoms with Crippen LogP contribution in [0, 0.1) is 17.8 Å². The third kappa shape index (κ3) is 2.65. The van der Waals surface area contributed by atoms with Crippen molar-refractivity contribution in [2.75, 3.05) is 6.67 Å². The predicted octanol–water partition coefficient (Wildman–Crippen LogP) is 2.78. The van der Waals surface area contributed by atoms with Crippen molar-refractivity contribution < 1.29 is 9.60 Å². The normalized spacial score (nSPS) is 26.4. The lowest BCUT2D eigenvalue weighted by Gasteiger charge is -2.35. The van der Waals surface area contributed by atoms with Crippen LogP contribution in [0.1, 0.15) is 25.7 Å². The summed E-state index contributed by atoms with van der Waals surface area (Å²) in [5, 5.41) is 11.6. The van der Waals surface area contributed by atoms with E-state index < -0.39 is 0 Å². The van der Waals surface area contributed by atoms with Crippen molar-refractivity contribution in [3.8, 4) is 0 Å². The highest BCUT2D eigenvalue weighted by atomic mass is 19.1. The van der Waals surface area contributed by atoms with Gasteiger partial charge in [0, 0.05) is 0 Å². The Morgan fingerprint density at radius 3 is 2.94 bits per heavy atom. The van der Waals surface area contributed by atoms with Crippen LogP contribution < -0.4 is 5.73 Å². The number of hydrogen-bond donors (Lipinski definition) is 2. The Kier molecular flexibility index (Phi) is 4.21. The maximum atomic E-state index is 13.2. The molecule has 0 aromatic heterocycles. The monoisotopic (exact) mass is 250 g/mol. The molecule has 1 saturated carbocycles. The summed E-state index contributed by atoms with van der Waals surface area (Å²) in [6, 6.07) is 0. The Hall–Kier alpha value is -1.54. The van der Waals surface area contributed by atoms with Gasteiger partial charge in [0.1, 0.15) is 0 Å². The summed E-state index contributed by atoms with van der Waals surface area (Å²) < 4.78 is 13.2. The number of amidine groups is 1. The predicted molar refractivity (Wildman–Crippen MR) is 69.1 cm³/mol. The second-order valence-corrected chi connectivity index (χ2v) is 5.02. The molecule has 18 heavy (non-hydrogen) atoms. The molecule has 1 fully saturated rings. The van der Waals surface area contributed by atoms with E-state index in [9.17, 15) is 4.39 Å². The molecule has 2 aliphatic carbocycles. The summed E-state index contributed by atoms with van der Waals surface area (Å²) in [4.78, 5) is 0. The van der Waals surface area contributed by atoms with Crippen LogP contribution in [0.2, 0.25) is 0 Å². The molecule has 0 radical (unpaired) electrons. The van der Waals surface area contributed by atoms with Crippen LogP contribution in [-0.2, 0) is 0 Å². The molecule has 0 aromatic rings. The summed E-state index contributed by atoms with van der Waals surface area (Å²) in [6.45, 7) is -0.271. The molecule has 4 heteroatoms. The Bertz CT molecular complexity index is 418. The molecular formula is C14H19FN2O. The van der Waals surface area contributed by atoms with Gasteiger partial charge in [0.05, 0.1) is 12.2 Å². The maximum absolute atomic E-state index is 13.2. The van der Waals surface area contributed by atoms with E-state index in [0.717, 1.165) is 19.3 Å². The summed E-state index contributed by atoms with van der Waals surface area (Å²) >= 11 is 0. The van der Waals surface area contributed by atoms with Gasteiger partial charge in [0.25, 0.3) is 0 Å². The van der Waals surface area contributed by atoms with Crippen LogP contribution in [0.3, 0.4) is 0 Å². The number of alkyl halides is 1. The lowest BCUT2D eigenvalue weighted by molar-refractivity contribution is 0.134. The van der Waals surface area contributed by atoms with Gasteiger partial charge in [-0.15, -0.1) is 5.73 Å². The van der Waals surface area contributed by atoms with Crippen LogP contribution in [0.5, 0.6) is 0 Å². The van der Waals surface area contributed by atoms with Crippen LogP contribution in [0.15, 0.2) is 34.7 Å². The van der Waals surface area contributed by atoms with Crippen molar-refractivity contribution in [1.82, 2.24) is 0 Å². The third-order valence-electron chi connectivity index (χ3n) is 4.02. The first-order valence-electron chi connectivity index (χ1n) is 6.43. The second-order valence-electron chi connectivity index (χ2n) is 5.02. The maximum Gasteiger partial charge on any atom is 0.177 e.